The van der Waals surface area contributed by atoms with Gasteiger partial charge in [-0.2, -0.15) is 0 Å². The molecule has 8 nitrogen and oxygen atoms in total. The molecule has 3 aromatic rings. The number of aromatic nitrogens is 2. The van der Waals surface area contributed by atoms with E-state index in [0.29, 0.717) is 30.2 Å². The van der Waals surface area contributed by atoms with Crippen LogP contribution < -0.4 is 16.0 Å². The van der Waals surface area contributed by atoms with Crippen molar-refractivity contribution in [3.05, 3.63) is 71.3 Å². The molecule has 1 saturated carbocycles. The normalized spacial score (nSPS) is 18.0. The summed E-state index contributed by atoms with van der Waals surface area (Å²) >= 11 is 0. The van der Waals surface area contributed by atoms with Gasteiger partial charge in [-0.1, -0.05) is 6.07 Å². The van der Waals surface area contributed by atoms with Gasteiger partial charge in [0.1, 0.15) is 5.82 Å². The van der Waals surface area contributed by atoms with Crippen molar-refractivity contribution in [3.63, 3.8) is 0 Å². The van der Waals surface area contributed by atoms with Crippen molar-refractivity contribution >= 4 is 23.5 Å². The van der Waals surface area contributed by atoms with Gasteiger partial charge in [-0.25, -0.2) is 14.4 Å². The largest absolute Gasteiger partial charge is 0.366 e. The molecular formula is C26H25FN6O2. The predicted octanol–water partition coefficient (Wildman–Crippen LogP) is 2.61. The van der Waals surface area contributed by atoms with Crippen molar-refractivity contribution < 1.29 is 14.0 Å². The average molecular weight is 473 g/mol. The molecule has 0 unspecified atom stereocenters. The van der Waals surface area contributed by atoms with E-state index in [-0.39, 0.29) is 22.4 Å². The minimum atomic E-state index is -0.627. The molecule has 3 N–H and O–H groups in total. The molecule has 1 spiro atoms. The van der Waals surface area contributed by atoms with Crippen LogP contribution in [-0.4, -0.2) is 59.4 Å². The van der Waals surface area contributed by atoms with Gasteiger partial charge in [0.2, 0.25) is 11.9 Å². The SMILES string of the molecule is NC(=O)c1ccc(F)c(-c2cnc(N3CC4(CC4)c4ccc(C(=O)N5CCNCC5)cc43)nc2)c1. The topological polar surface area (TPSA) is 104 Å². The first-order valence-corrected chi connectivity index (χ1v) is 11.8. The second-order valence-corrected chi connectivity index (χ2v) is 9.47. The van der Waals surface area contributed by atoms with Crippen molar-refractivity contribution in [2.45, 2.75) is 18.3 Å². The Morgan fingerprint density at radius 1 is 1.00 bits per heavy atom. The van der Waals surface area contributed by atoms with Gasteiger partial charge in [0.25, 0.3) is 5.91 Å². The smallest absolute Gasteiger partial charge is 0.254 e. The fourth-order valence-corrected chi connectivity index (χ4v) is 5.12. The highest BCUT2D eigenvalue weighted by Crippen LogP contribution is 2.57. The van der Waals surface area contributed by atoms with E-state index in [1.54, 1.807) is 12.4 Å². The van der Waals surface area contributed by atoms with Crippen LogP contribution in [0.4, 0.5) is 16.0 Å². The summed E-state index contributed by atoms with van der Waals surface area (Å²) in [7, 11) is 0. The number of carbonyl (C=O) groups excluding carboxylic acids is 2. The van der Waals surface area contributed by atoms with Gasteiger partial charge in [0, 0.05) is 78.5 Å². The number of nitrogens with two attached hydrogens (primary N) is 1. The first-order chi connectivity index (χ1) is 16.9. The Morgan fingerprint density at radius 2 is 1.71 bits per heavy atom. The highest BCUT2D eigenvalue weighted by Gasteiger charge is 2.52. The van der Waals surface area contributed by atoms with Gasteiger partial charge >= 0.3 is 0 Å². The van der Waals surface area contributed by atoms with Gasteiger partial charge in [-0.15, -0.1) is 0 Å². The molecule has 0 atom stereocenters. The molecule has 9 heteroatoms. The van der Waals surface area contributed by atoms with Crippen molar-refractivity contribution in [2.75, 3.05) is 37.6 Å². The first kappa shape index (κ1) is 21.7. The summed E-state index contributed by atoms with van der Waals surface area (Å²) in [5.74, 6) is -0.576. The summed E-state index contributed by atoms with van der Waals surface area (Å²) < 4.78 is 14.4. The number of halogens is 1. The summed E-state index contributed by atoms with van der Waals surface area (Å²) in [5.41, 5.74) is 9.16. The fourth-order valence-electron chi connectivity index (χ4n) is 5.12. The summed E-state index contributed by atoms with van der Waals surface area (Å²) in [4.78, 5) is 37.6. The number of carbonyl (C=O) groups is 2. The lowest BCUT2D eigenvalue weighted by Gasteiger charge is -2.27. The number of primary amides is 1. The van der Waals surface area contributed by atoms with Crippen LogP contribution in [0.25, 0.3) is 11.1 Å². The van der Waals surface area contributed by atoms with E-state index in [2.05, 4.69) is 26.3 Å². The van der Waals surface area contributed by atoms with Crippen LogP contribution in [0.15, 0.2) is 48.8 Å². The molecule has 2 aliphatic heterocycles. The number of benzene rings is 2. The second-order valence-electron chi connectivity index (χ2n) is 9.47. The molecule has 35 heavy (non-hydrogen) atoms. The Balaban J connectivity index is 1.32. The molecule has 3 aliphatic rings. The molecule has 6 rings (SSSR count). The third-order valence-corrected chi connectivity index (χ3v) is 7.27. The van der Waals surface area contributed by atoms with Gasteiger partial charge in [-0.05, 0) is 48.7 Å². The van der Waals surface area contributed by atoms with E-state index in [4.69, 9.17) is 5.73 Å². The number of anilines is 2. The lowest BCUT2D eigenvalue weighted by molar-refractivity contribution is 0.0735. The molecule has 2 fully saturated rings. The Hall–Kier alpha value is -3.85. The number of hydrogen-bond donors (Lipinski definition) is 2. The molecule has 3 heterocycles. The maximum absolute atomic E-state index is 14.4. The van der Waals surface area contributed by atoms with E-state index < -0.39 is 11.7 Å². The maximum Gasteiger partial charge on any atom is 0.254 e. The van der Waals surface area contributed by atoms with Crippen LogP contribution in [0.3, 0.4) is 0 Å². The minimum absolute atomic E-state index is 0.0343. The van der Waals surface area contributed by atoms with Crippen molar-refractivity contribution in [1.82, 2.24) is 20.2 Å². The zero-order valence-electron chi connectivity index (χ0n) is 19.1. The molecule has 0 bridgehead atoms. The standard InChI is InChI=1S/C26H25FN6O2/c27-21-4-2-16(23(28)34)11-19(21)18-13-30-25(31-14-18)33-15-26(5-6-26)20-3-1-17(12-22(20)33)24(35)32-9-7-29-8-10-32/h1-4,11-14,29H,5-10,15H2,(H2,28,34). The van der Waals surface area contributed by atoms with Crippen LogP contribution in [0.1, 0.15) is 39.1 Å². The summed E-state index contributed by atoms with van der Waals surface area (Å²) in [5, 5.41) is 3.27. The van der Waals surface area contributed by atoms with Gasteiger partial charge in [-0.3, -0.25) is 9.59 Å². The molecule has 178 valence electrons. The number of nitrogens with zero attached hydrogens (tertiary/aromatic N) is 4. The molecule has 2 amide bonds. The molecule has 1 saturated heterocycles. The first-order valence-electron chi connectivity index (χ1n) is 11.8. The van der Waals surface area contributed by atoms with Crippen molar-refractivity contribution in [1.29, 1.82) is 0 Å². The molecular weight excluding hydrogens is 447 g/mol. The highest BCUT2D eigenvalue weighted by molar-refractivity contribution is 5.96. The van der Waals surface area contributed by atoms with Crippen LogP contribution in [0.5, 0.6) is 0 Å². The van der Waals surface area contributed by atoms with Crippen molar-refractivity contribution in [2.24, 2.45) is 5.73 Å². The van der Waals surface area contributed by atoms with E-state index >= 15 is 0 Å². The Kier molecular flexibility index (Phi) is 5.03. The lowest BCUT2D eigenvalue weighted by Crippen LogP contribution is -2.46. The van der Waals surface area contributed by atoms with Crippen LogP contribution in [-0.2, 0) is 5.41 Å². The van der Waals surface area contributed by atoms with Crippen LogP contribution >= 0.6 is 0 Å². The van der Waals surface area contributed by atoms with Gasteiger partial charge < -0.3 is 20.9 Å². The van der Waals surface area contributed by atoms with E-state index in [0.717, 1.165) is 38.2 Å². The zero-order valence-corrected chi connectivity index (χ0v) is 19.1. The molecule has 1 aliphatic carbocycles. The number of rotatable bonds is 4. The van der Waals surface area contributed by atoms with E-state index in [1.165, 1.54) is 23.8 Å². The van der Waals surface area contributed by atoms with Crippen molar-refractivity contribution in [3.8, 4) is 11.1 Å². The van der Waals surface area contributed by atoms with Gasteiger partial charge in [0.05, 0.1) is 0 Å². The minimum Gasteiger partial charge on any atom is -0.366 e. The average Bonchev–Trinajstić information content (AvgIpc) is 3.60. The quantitative estimate of drug-likeness (QED) is 0.605. The number of hydrogen-bond acceptors (Lipinski definition) is 6. The Labute approximate surface area is 202 Å². The highest BCUT2D eigenvalue weighted by atomic mass is 19.1. The number of piperazine rings is 1. The van der Waals surface area contributed by atoms with Crippen LogP contribution in [0.2, 0.25) is 0 Å². The number of fused-ring (bicyclic) bond motifs is 2. The molecule has 2 aromatic carbocycles. The second kappa shape index (κ2) is 8.13. The molecule has 1 aromatic heterocycles. The summed E-state index contributed by atoms with van der Waals surface area (Å²) in [6, 6.07) is 9.95. The molecule has 0 radical (unpaired) electrons. The van der Waals surface area contributed by atoms with Gasteiger partial charge in [0.15, 0.2) is 0 Å². The number of nitrogens with one attached hydrogen (secondary N) is 1. The monoisotopic (exact) mass is 472 g/mol. The summed E-state index contributed by atoms with van der Waals surface area (Å²) in [6.07, 6.45) is 5.28. The maximum atomic E-state index is 14.4. The fraction of sp³-hybridized carbons (Fsp3) is 0.308. The van der Waals surface area contributed by atoms with E-state index in [1.807, 2.05) is 17.0 Å². The third kappa shape index (κ3) is 3.72. The Morgan fingerprint density at radius 3 is 2.40 bits per heavy atom. The van der Waals surface area contributed by atoms with E-state index in [9.17, 15) is 14.0 Å². The Bertz CT molecular complexity index is 1330. The third-order valence-electron chi connectivity index (χ3n) is 7.27. The predicted molar refractivity (Wildman–Crippen MR) is 129 cm³/mol. The zero-order chi connectivity index (χ0) is 24.2. The lowest BCUT2D eigenvalue weighted by atomic mass is 9.97. The summed E-state index contributed by atoms with van der Waals surface area (Å²) in [6.45, 7) is 3.74. The number of amides is 2. The van der Waals surface area contributed by atoms with Crippen LogP contribution in [0, 0.1) is 5.82 Å².